The number of hydrogen-bond donors (Lipinski definition) is 1. The molecule has 0 aromatic heterocycles. The summed E-state index contributed by atoms with van der Waals surface area (Å²) < 4.78 is -8.16. The SMILES string of the molecule is BrC(Br)(Br)C(Br)(Br)C(Br)(Br)C(Br)(Br)C(Br)(Br)CNCC(Br)(Br)C(Br)(Br)C(Br)(Br)C(Br)(Br)C(Br)(Br)Br. The van der Waals surface area contributed by atoms with Crippen LogP contribution < -0.4 is 5.32 Å². The van der Waals surface area contributed by atoms with Crippen LogP contribution in [0.2, 0.25) is 0 Å². The van der Waals surface area contributed by atoms with E-state index in [1.165, 1.54) is 0 Å². The van der Waals surface area contributed by atoms with E-state index >= 15 is 0 Å². The molecule has 1 nitrogen and oxygen atoms in total. The van der Waals surface area contributed by atoms with Crippen molar-refractivity contribution in [3.05, 3.63) is 0 Å². The molecule has 0 heterocycles. The van der Waals surface area contributed by atoms with Crippen molar-refractivity contribution in [3.63, 3.8) is 0 Å². The van der Waals surface area contributed by atoms with Crippen LogP contribution in [0.15, 0.2) is 0 Å². The van der Waals surface area contributed by atoms with Gasteiger partial charge in [0, 0.05) is 13.1 Å². The van der Waals surface area contributed by atoms with Gasteiger partial charge in [0.2, 0.25) is 0 Å². The highest BCUT2D eigenvalue weighted by molar-refractivity contribution is 9.43. The Kier molecular flexibility index (Phi) is 20.3. The number of halogens is 22. The van der Waals surface area contributed by atoms with Gasteiger partial charge in [0.1, 0.15) is 25.9 Å². The quantitative estimate of drug-likeness (QED) is 0.215. The highest BCUT2D eigenvalue weighted by Gasteiger charge is 2.71. The lowest BCUT2D eigenvalue weighted by molar-refractivity contribution is 0.556. The fourth-order valence-electron chi connectivity index (χ4n) is 1.81. The maximum atomic E-state index is 3.83. The van der Waals surface area contributed by atoms with Crippen LogP contribution in [0.1, 0.15) is 0 Å². The summed E-state index contributed by atoms with van der Waals surface area (Å²) >= 11 is 82.3. The van der Waals surface area contributed by atoms with Gasteiger partial charge in [-0.2, -0.15) is 0 Å². The second kappa shape index (κ2) is 15.6. The largest absolute Gasteiger partial charge is 0.312 e. The molecule has 0 rings (SSSR count). The van der Waals surface area contributed by atoms with Crippen molar-refractivity contribution < 1.29 is 0 Å². The van der Waals surface area contributed by atoms with E-state index in [1.807, 2.05) is 0 Å². The Hall–Kier alpha value is 10.5. The van der Waals surface area contributed by atoms with Crippen LogP contribution in [0, 0.1) is 0 Å². The minimum absolute atomic E-state index is 0.429. The van der Waals surface area contributed by atoms with Crippen molar-refractivity contribution in [3.8, 4) is 0 Å². The van der Waals surface area contributed by atoms with Crippen LogP contribution in [0.5, 0.6) is 0 Å². The molecule has 0 aliphatic carbocycles. The predicted octanol–water partition coefficient (Wildman–Crippen LogP) is 16.1. The second-order valence-electron chi connectivity index (χ2n) is 6.45. The molecule has 0 unspecified atom stereocenters. The maximum absolute atomic E-state index is 3.83. The highest BCUT2D eigenvalue weighted by atomic mass is 80.0. The first-order chi connectivity index (χ1) is 14.7. The Balaban J connectivity index is 5.95. The first kappa shape index (κ1) is 45.5. The van der Waals surface area contributed by atoms with E-state index in [-0.39, 0.29) is 0 Å². The van der Waals surface area contributed by atoms with Crippen LogP contribution in [-0.4, -0.2) is 43.2 Å². The Morgan fingerprint density at radius 1 is 0.286 bits per heavy atom. The van der Waals surface area contributed by atoms with Crippen molar-refractivity contribution in [2.24, 2.45) is 0 Å². The van der Waals surface area contributed by atoms with E-state index in [1.54, 1.807) is 0 Å². The lowest BCUT2D eigenvalue weighted by Gasteiger charge is -2.52. The van der Waals surface area contributed by atoms with Gasteiger partial charge in [-0.25, -0.2) is 0 Å². The molecule has 0 fully saturated rings. The molecular formula is C12H5Br22N. The Morgan fingerprint density at radius 2 is 0.486 bits per heavy atom. The second-order valence-corrected chi connectivity index (χ2v) is 48.2. The predicted molar refractivity (Wildman–Crippen MR) is 237 cm³/mol. The van der Waals surface area contributed by atoms with E-state index in [0.717, 1.165) is 0 Å². The van der Waals surface area contributed by atoms with Gasteiger partial charge in [-0.05, 0) is 0 Å². The smallest absolute Gasteiger partial charge is 0.162 e. The summed E-state index contributed by atoms with van der Waals surface area (Å²) in [4.78, 5) is 0. The van der Waals surface area contributed by atoms with Gasteiger partial charge >= 0.3 is 0 Å². The number of nitrogens with one attached hydrogen (secondary N) is 1. The molecule has 0 saturated carbocycles. The van der Waals surface area contributed by atoms with E-state index in [2.05, 4.69) is 356 Å². The molecule has 0 spiro atoms. The minimum atomic E-state index is -0.878. The summed E-state index contributed by atoms with van der Waals surface area (Å²) in [5.74, 6) is 0. The van der Waals surface area contributed by atoms with Gasteiger partial charge in [-0.15, -0.1) is 0 Å². The summed E-state index contributed by atoms with van der Waals surface area (Å²) in [6.45, 7) is 0.857. The molecule has 23 heteroatoms. The minimum Gasteiger partial charge on any atom is -0.312 e. The van der Waals surface area contributed by atoms with Gasteiger partial charge < -0.3 is 5.32 Å². The Labute approximate surface area is 389 Å². The van der Waals surface area contributed by atoms with Crippen molar-refractivity contribution in [2.75, 3.05) is 13.1 Å². The molecule has 0 aromatic rings. The molecule has 0 amide bonds. The first-order valence-corrected chi connectivity index (χ1v) is 25.0. The molecule has 0 saturated heterocycles. The van der Waals surface area contributed by atoms with Crippen molar-refractivity contribution in [1.82, 2.24) is 5.32 Å². The van der Waals surface area contributed by atoms with Crippen molar-refractivity contribution in [2.45, 2.75) is 30.2 Å². The third-order valence-electron chi connectivity index (χ3n) is 3.90. The lowest BCUT2D eigenvalue weighted by atomic mass is 10.1. The monoisotopic (exact) mass is 1900 g/mol. The third kappa shape index (κ3) is 9.82. The van der Waals surface area contributed by atoms with Gasteiger partial charge in [0.15, 0.2) is 4.29 Å². The zero-order valence-electron chi connectivity index (χ0n) is 15.2. The number of alkyl halides is 22. The molecule has 0 aliphatic heterocycles. The van der Waals surface area contributed by atoms with Gasteiger partial charge in [0.25, 0.3) is 0 Å². The van der Waals surface area contributed by atoms with Crippen LogP contribution in [-0.2, 0) is 0 Å². The standard InChI is InChI=1S/C12H5Br22N/c13-3(14,5(17,18)7(21,22)9(25,26)11(29,30)31)1-35-2-4(15,16)6(19,20)8(23,24)10(27,28)12(32,33)34/h35H,1-2H2. The van der Waals surface area contributed by atoms with Crippen LogP contribution in [0.25, 0.3) is 0 Å². The summed E-state index contributed by atoms with van der Waals surface area (Å²) in [5, 5.41) is 3.48. The molecule has 212 valence electrons. The molecule has 0 aliphatic rings. The Morgan fingerprint density at radius 3 is 0.657 bits per heavy atom. The average molecular weight is 1920 g/mol. The topological polar surface area (TPSA) is 12.0 Å². The van der Waals surface area contributed by atoms with E-state index in [9.17, 15) is 0 Å². The molecule has 0 radical (unpaired) electrons. The third-order valence-corrected chi connectivity index (χ3v) is 44.7. The number of hydrogen-bond acceptors (Lipinski definition) is 1. The van der Waals surface area contributed by atoms with Gasteiger partial charge in [-0.1, -0.05) is 350 Å². The molecule has 0 aromatic carbocycles. The summed E-state index contributed by atoms with van der Waals surface area (Å²) in [6, 6.07) is 0. The van der Waals surface area contributed by atoms with Crippen LogP contribution in [0.4, 0.5) is 0 Å². The fraction of sp³-hybridized carbons (Fsp3) is 1.00. The number of rotatable bonds is 10. The van der Waals surface area contributed by atoms with E-state index < -0.39 is 30.2 Å². The summed E-state index contributed by atoms with van der Waals surface area (Å²) in [7, 11) is 0. The zero-order valence-corrected chi connectivity index (χ0v) is 50.1. The normalized spacial score (nSPS) is 16.6. The van der Waals surface area contributed by atoms with E-state index in [4.69, 9.17) is 0 Å². The molecule has 0 bridgehead atoms. The fourth-order valence-corrected chi connectivity index (χ4v) is 18.5. The van der Waals surface area contributed by atoms with Gasteiger partial charge in [-0.3, -0.25) is 0 Å². The average Bonchev–Trinajstić information content (AvgIpc) is 2.58. The highest BCUT2D eigenvalue weighted by Crippen LogP contribution is 2.73. The molecule has 35 heavy (non-hydrogen) atoms. The maximum Gasteiger partial charge on any atom is 0.162 e. The van der Waals surface area contributed by atoms with Crippen molar-refractivity contribution >= 4 is 350 Å². The van der Waals surface area contributed by atoms with E-state index in [0.29, 0.717) is 13.1 Å². The Bertz CT molecular complexity index is 679. The van der Waals surface area contributed by atoms with Crippen molar-refractivity contribution in [1.29, 1.82) is 0 Å². The summed E-state index contributed by atoms with van der Waals surface area (Å²) in [5.41, 5.74) is 0. The molecular weight excluding hydrogens is 1920 g/mol. The van der Waals surface area contributed by atoms with Crippen LogP contribution in [0.3, 0.4) is 0 Å². The zero-order chi connectivity index (χ0) is 29.1. The lowest BCUT2D eigenvalue weighted by Crippen LogP contribution is -2.63. The molecule has 1 N–H and O–H groups in total. The molecule has 0 atom stereocenters. The van der Waals surface area contributed by atoms with Crippen LogP contribution >= 0.6 is 350 Å². The first-order valence-electron chi connectivity index (χ1n) is 7.57. The summed E-state index contributed by atoms with van der Waals surface area (Å²) in [6.07, 6.45) is 0. The van der Waals surface area contributed by atoms with Gasteiger partial charge in [0.05, 0.1) is 0 Å².